The zero-order valence-electron chi connectivity index (χ0n) is 18.4. The van der Waals surface area contributed by atoms with Gasteiger partial charge in [-0.25, -0.2) is 18.4 Å². The Morgan fingerprint density at radius 1 is 1.00 bits per heavy atom. The number of piperidine rings is 1. The van der Waals surface area contributed by atoms with Crippen LogP contribution in [0.3, 0.4) is 0 Å². The number of hydrogen-bond acceptors (Lipinski definition) is 10. The number of anilines is 4. The topological polar surface area (TPSA) is 127 Å². The molecule has 1 aliphatic rings. The van der Waals surface area contributed by atoms with E-state index in [1.54, 1.807) is 25.3 Å². The van der Waals surface area contributed by atoms with Crippen molar-refractivity contribution in [2.75, 3.05) is 37.1 Å². The fourth-order valence-corrected chi connectivity index (χ4v) is 4.35. The summed E-state index contributed by atoms with van der Waals surface area (Å²) in [6.45, 7) is 1.90. The molecule has 1 aliphatic heterocycles. The number of para-hydroxylation sites is 1. The van der Waals surface area contributed by atoms with Crippen molar-refractivity contribution in [1.29, 1.82) is 0 Å². The lowest BCUT2D eigenvalue weighted by Crippen LogP contribution is -2.34. The van der Waals surface area contributed by atoms with E-state index in [2.05, 4.69) is 30.9 Å². The van der Waals surface area contributed by atoms with Crippen molar-refractivity contribution in [3.63, 3.8) is 0 Å². The summed E-state index contributed by atoms with van der Waals surface area (Å²) in [5.41, 5.74) is 1.04. The van der Waals surface area contributed by atoms with E-state index in [9.17, 15) is 8.42 Å². The number of benzene rings is 2. The van der Waals surface area contributed by atoms with Crippen molar-refractivity contribution in [3.8, 4) is 11.5 Å². The third-order valence-corrected chi connectivity index (χ3v) is 6.27. The molecule has 0 atom stereocenters. The molecular formula is C22H26N6O4S. The molecule has 0 saturated carbocycles. The summed E-state index contributed by atoms with van der Waals surface area (Å²) in [6.07, 6.45) is 4.60. The Labute approximate surface area is 192 Å². The van der Waals surface area contributed by atoms with Crippen molar-refractivity contribution >= 4 is 33.1 Å². The Bertz CT molecular complexity index is 1220. The summed E-state index contributed by atoms with van der Waals surface area (Å²) in [5.74, 6) is 1.79. The van der Waals surface area contributed by atoms with Gasteiger partial charge in [-0.15, -0.1) is 0 Å². The standard InChI is InChI=1S/C22H26N6O4S/c1-31-19-13-16(32-15-9-11-23-12-10-15)7-8-17(19)26-21-24-14-25-22(28-21)27-18-5-3-4-6-20(18)33(2,29)30/h3-8,13-15,23H,9-12H2,1-2H3,(H2,24,25,26,27,28). The number of methoxy groups -OCH3 is 1. The molecule has 1 saturated heterocycles. The van der Waals surface area contributed by atoms with Crippen LogP contribution >= 0.6 is 0 Å². The number of sulfone groups is 1. The van der Waals surface area contributed by atoms with Crippen LogP contribution in [0.15, 0.2) is 53.7 Å². The van der Waals surface area contributed by atoms with Gasteiger partial charge in [-0.05, 0) is 50.2 Å². The number of aromatic nitrogens is 3. The number of ether oxygens (including phenoxy) is 2. The quantitative estimate of drug-likeness (QED) is 0.452. The average molecular weight is 471 g/mol. The normalized spacial score (nSPS) is 14.5. The molecule has 0 unspecified atom stereocenters. The van der Waals surface area contributed by atoms with E-state index in [4.69, 9.17) is 9.47 Å². The highest BCUT2D eigenvalue weighted by molar-refractivity contribution is 7.90. The Morgan fingerprint density at radius 3 is 2.39 bits per heavy atom. The maximum atomic E-state index is 12.0. The van der Waals surface area contributed by atoms with Crippen LogP contribution in [-0.2, 0) is 9.84 Å². The van der Waals surface area contributed by atoms with Gasteiger partial charge in [0.05, 0.1) is 23.4 Å². The lowest BCUT2D eigenvalue weighted by molar-refractivity contribution is 0.162. The minimum absolute atomic E-state index is 0.158. The van der Waals surface area contributed by atoms with E-state index >= 15 is 0 Å². The lowest BCUT2D eigenvalue weighted by Gasteiger charge is -2.24. The number of rotatable bonds is 8. The first-order valence-corrected chi connectivity index (χ1v) is 12.4. The highest BCUT2D eigenvalue weighted by Gasteiger charge is 2.16. The molecule has 0 aliphatic carbocycles. The number of nitrogens with zero attached hydrogens (tertiary/aromatic N) is 3. The molecule has 4 rings (SSSR count). The van der Waals surface area contributed by atoms with Gasteiger partial charge in [0.1, 0.15) is 23.9 Å². The Morgan fingerprint density at radius 2 is 1.70 bits per heavy atom. The molecule has 10 nitrogen and oxygen atoms in total. The van der Waals surface area contributed by atoms with Crippen molar-refractivity contribution in [2.45, 2.75) is 23.8 Å². The molecule has 2 heterocycles. The summed E-state index contributed by atoms with van der Waals surface area (Å²) >= 11 is 0. The zero-order chi connectivity index (χ0) is 23.3. The van der Waals surface area contributed by atoms with Gasteiger partial charge in [0.15, 0.2) is 9.84 Å². The largest absolute Gasteiger partial charge is 0.494 e. The minimum atomic E-state index is -3.42. The first-order valence-electron chi connectivity index (χ1n) is 10.5. The van der Waals surface area contributed by atoms with Gasteiger partial charge < -0.3 is 25.4 Å². The summed E-state index contributed by atoms with van der Waals surface area (Å²) in [7, 11) is -1.84. The lowest BCUT2D eigenvalue weighted by atomic mass is 10.1. The third kappa shape index (κ3) is 5.88. The third-order valence-electron chi connectivity index (χ3n) is 5.11. The zero-order valence-corrected chi connectivity index (χ0v) is 19.2. The van der Waals surface area contributed by atoms with E-state index in [1.165, 1.54) is 12.4 Å². The van der Waals surface area contributed by atoms with Crippen molar-refractivity contribution in [3.05, 3.63) is 48.8 Å². The molecule has 3 N–H and O–H groups in total. The predicted octanol–water partition coefficient (Wildman–Crippen LogP) is 2.90. The van der Waals surface area contributed by atoms with Gasteiger partial charge >= 0.3 is 0 Å². The van der Waals surface area contributed by atoms with Crippen LogP contribution < -0.4 is 25.4 Å². The highest BCUT2D eigenvalue weighted by Crippen LogP contribution is 2.32. The van der Waals surface area contributed by atoms with E-state index in [1.807, 2.05) is 18.2 Å². The first kappa shape index (κ1) is 22.7. The monoisotopic (exact) mass is 470 g/mol. The molecule has 33 heavy (non-hydrogen) atoms. The van der Waals surface area contributed by atoms with Gasteiger partial charge in [0, 0.05) is 12.3 Å². The fourth-order valence-electron chi connectivity index (χ4n) is 3.50. The molecule has 0 radical (unpaired) electrons. The number of nitrogens with one attached hydrogen (secondary N) is 3. The molecular weight excluding hydrogens is 444 g/mol. The summed E-state index contributed by atoms with van der Waals surface area (Å²) in [6, 6.07) is 12.1. The SMILES string of the molecule is COc1cc(OC2CCNCC2)ccc1Nc1ncnc(Nc2ccccc2S(C)(=O)=O)n1. The summed E-state index contributed by atoms with van der Waals surface area (Å²) < 4.78 is 35.7. The second kappa shape index (κ2) is 10.0. The Hall–Kier alpha value is -3.44. The van der Waals surface area contributed by atoms with Gasteiger partial charge in [-0.3, -0.25) is 0 Å². The second-order valence-electron chi connectivity index (χ2n) is 7.58. The van der Waals surface area contributed by atoms with Crippen LogP contribution in [0, 0.1) is 0 Å². The van der Waals surface area contributed by atoms with E-state index < -0.39 is 9.84 Å². The molecule has 1 fully saturated rings. The van der Waals surface area contributed by atoms with Crippen LogP contribution in [0.5, 0.6) is 11.5 Å². The molecule has 0 bridgehead atoms. The number of hydrogen-bond donors (Lipinski definition) is 3. The second-order valence-corrected chi connectivity index (χ2v) is 9.56. The molecule has 11 heteroatoms. The van der Waals surface area contributed by atoms with Crippen LogP contribution in [-0.4, -0.2) is 55.9 Å². The van der Waals surface area contributed by atoms with Gasteiger partial charge in [0.25, 0.3) is 0 Å². The van der Waals surface area contributed by atoms with Gasteiger partial charge in [0.2, 0.25) is 11.9 Å². The Balaban J connectivity index is 1.50. The van der Waals surface area contributed by atoms with Crippen molar-refractivity contribution in [1.82, 2.24) is 20.3 Å². The van der Waals surface area contributed by atoms with E-state index in [0.717, 1.165) is 37.9 Å². The molecule has 2 aromatic carbocycles. The molecule has 3 aromatic rings. The Kier molecular flexibility index (Phi) is 6.90. The smallest absolute Gasteiger partial charge is 0.232 e. The average Bonchev–Trinajstić information content (AvgIpc) is 2.81. The van der Waals surface area contributed by atoms with Crippen LogP contribution in [0.2, 0.25) is 0 Å². The fraction of sp³-hybridized carbons (Fsp3) is 0.318. The van der Waals surface area contributed by atoms with Crippen molar-refractivity contribution in [2.24, 2.45) is 0 Å². The first-order chi connectivity index (χ1) is 15.9. The molecule has 0 amide bonds. The van der Waals surface area contributed by atoms with E-state index in [-0.39, 0.29) is 22.9 Å². The molecule has 1 aromatic heterocycles. The highest BCUT2D eigenvalue weighted by atomic mass is 32.2. The maximum Gasteiger partial charge on any atom is 0.232 e. The summed E-state index contributed by atoms with van der Waals surface area (Å²) in [5, 5.41) is 9.39. The van der Waals surface area contributed by atoms with Gasteiger partial charge in [-0.1, -0.05) is 12.1 Å². The maximum absolute atomic E-state index is 12.0. The van der Waals surface area contributed by atoms with E-state index in [0.29, 0.717) is 17.1 Å². The molecule has 0 spiro atoms. The van der Waals surface area contributed by atoms with Crippen LogP contribution in [0.4, 0.5) is 23.3 Å². The van der Waals surface area contributed by atoms with Gasteiger partial charge in [-0.2, -0.15) is 4.98 Å². The van der Waals surface area contributed by atoms with Crippen LogP contribution in [0.25, 0.3) is 0 Å². The molecule has 174 valence electrons. The van der Waals surface area contributed by atoms with Crippen LogP contribution in [0.1, 0.15) is 12.8 Å². The predicted molar refractivity (Wildman–Crippen MR) is 125 cm³/mol. The minimum Gasteiger partial charge on any atom is -0.494 e. The van der Waals surface area contributed by atoms with Crippen molar-refractivity contribution < 1.29 is 17.9 Å². The summed E-state index contributed by atoms with van der Waals surface area (Å²) in [4.78, 5) is 12.8.